The first-order chi connectivity index (χ1) is 17.0. The third kappa shape index (κ3) is 4.96. The molecule has 10 heteroatoms. The predicted molar refractivity (Wildman–Crippen MR) is 129 cm³/mol. The second-order valence-corrected chi connectivity index (χ2v) is 9.40. The van der Waals surface area contributed by atoms with Crippen LogP contribution in [0.25, 0.3) is 11.4 Å². The maximum absolute atomic E-state index is 11.1. The lowest BCUT2D eigenvalue weighted by molar-refractivity contribution is -0.137. The van der Waals surface area contributed by atoms with Crippen LogP contribution in [0.3, 0.4) is 0 Å². The van der Waals surface area contributed by atoms with Gasteiger partial charge in [0.25, 0.3) is 0 Å². The van der Waals surface area contributed by atoms with Gasteiger partial charge in [0.15, 0.2) is 0 Å². The molecule has 1 N–H and O–H groups in total. The van der Waals surface area contributed by atoms with Crippen molar-refractivity contribution in [2.75, 3.05) is 18.0 Å². The van der Waals surface area contributed by atoms with Gasteiger partial charge >= 0.3 is 12.0 Å². The molecule has 10 nitrogen and oxygen atoms in total. The zero-order chi connectivity index (χ0) is 24.4. The summed E-state index contributed by atoms with van der Waals surface area (Å²) in [5.41, 5.74) is 5.28. The van der Waals surface area contributed by atoms with Crippen LogP contribution < -0.4 is 9.64 Å². The van der Waals surface area contributed by atoms with Gasteiger partial charge in [0.1, 0.15) is 18.0 Å². The lowest BCUT2D eigenvalue weighted by Gasteiger charge is -2.24. The Bertz CT molecular complexity index is 1210. The smallest absolute Gasteiger partial charge is 0.316 e. The minimum Gasteiger partial charge on any atom is -0.481 e. The normalized spacial score (nSPS) is 18.0. The topological polar surface area (TPSA) is 119 Å². The Morgan fingerprint density at radius 1 is 1.20 bits per heavy atom. The van der Waals surface area contributed by atoms with E-state index in [1.54, 1.807) is 10.9 Å². The number of aliphatic carboxylic acids is 1. The van der Waals surface area contributed by atoms with Crippen molar-refractivity contribution >= 4 is 11.7 Å². The van der Waals surface area contributed by atoms with E-state index in [0.717, 1.165) is 54.4 Å². The highest BCUT2D eigenvalue weighted by Gasteiger charge is 2.27. The number of aromatic nitrogens is 6. The summed E-state index contributed by atoms with van der Waals surface area (Å²) in [6, 6.07) is 6.36. The van der Waals surface area contributed by atoms with E-state index >= 15 is 0 Å². The van der Waals surface area contributed by atoms with Crippen LogP contribution in [0.15, 0.2) is 24.4 Å². The second-order valence-electron chi connectivity index (χ2n) is 9.40. The summed E-state index contributed by atoms with van der Waals surface area (Å²) in [7, 11) is 1.84. The number of hydrogen-bond acceptors (Lipinski definition) is 8. The number of aryl methyl sites for hydroxylation is 2. The minimum atomic E-state index is -0.737. The number of carboxylic acids is 1. The SMILES string of the molecule is CCc1nc(-c2nnn(C)c2COc2nccc(C3CCC3)n2)ccc1N1CC[C@@H](CC(=O)O)C1. The van der Waals surface area contributed by atoms with Crippen molar-refractivity contribution in [3.8, 4) is 17.4 Å². The summed E-state index contributed by atoms with van der Waals surface area (Å²) >= 11 is 0. The van der Waals surface area contributed by atoms with Gasteiger partial charge in [0, 0.05) is 38.7 Å². The first-order valence-electron chi connectivity index (χ1n) is 12.3. The van der Waals surface area contributed by atoms with Crippen molar-refractivity contribution in [1.29, 1.82) is 0 Å². The number of carbonyl (C=O) groups is 1. The Balaban J connectivity index is 1.33. The summed E-state index contributed by atoms with van der Waals surface area (Å²) in [6.07, 6.45) is 7.20. The summed E-state index contributed by atoms with van der Waals surface area (Å²) < 4.78 is 7.65. The highest BCUT2D eigenvalue weighted by molar-refractivity contribution is 5.67. The quantitative estimate of drug-likeness (QED) is 0.494. The fourth-order valence-corrected chi connectivity index (χ4v) is 4.86. The molecule has 1 aliphatic carbocycles. The predicted octanol–water partition coefficient (Wildman–Crippen LogP) is 3.38. The van der Waals surface area contributed by atoms with E-state index in [1.165, 1.54) is 19.3 Å². The first-order valence-corrected chi connectivity index (χ1v) is 12.3. The molecule has 0 radical (unpaired) electrons. The van der Waals surface area contributed by atoms with Gasteiger partial charge in [0.05, 0.1) is 22.8 Å². The van der Waals surface area contributed by atoms with Gasteiger partial charge in [-0.25, -0.2) is 14.6 Å². The largest absolute Gasteiger partial charge is 0.481 e. The van der Waals surface area contributed by atoms with Crippen molar-refractivity contribution < 1.29 is 14.6 Å². The molecule has 0 spiro atoms. The third-order valence-corrected chi connectivity index (χ3v) is 7.08. The molecule has 0 bridgehead atoms. The molecule has 1 saturated heterocycles. The fraction of sp³-hybridized carbons (Fsp3) is 0.520. The molecule has 1 aliphatic heterocycles. The molecule has 0 aromatic carbocycles. The zero-order valence-corrected chi connectivity index (χ0v) is 20.2. The molecular formula is C25H31N7O3. The van der Waals surface area contributed by atoms with E-state index in [2.05, 4.69) is 38.2 Å². The van der Waals surface area contributed by atoms with Crippen LogP contribution >= 0.6 is 0 Å². The lowest BCUT2D eigenvalue weighted by Crippen LogP contribution is -2.22. The molecule has 2 aliphatic rings. The monoisotopic (exact) mass is 477 g/mol. The Labute approximate surface area is 204 Å². The molecule has 35 heavy (non-hydrogen) atoms. The van der Waals surface area contributed by atoms with Gasteiger partial charge in [-0.2, -0.15) is 4.98 Å². The number of rotatable bonds is 9. The van der Waals surface area contributed by atoms with E-state index in [9.17, 15) is 4.79 Å². The van der Waals surface area contributed by atoms with Gasteiger partial charge in [-0.05, 0) is 49.8 Å². The standard InChI is InChI=1S/C25H31N7O3/c1-3-18-21(32-12-10-16(14-32)13-23(33)34)8-7-20(27-18)24-22(31(2)30-29-24)15-35-25-26-11-9-19(28-25)17-5-4-6-17/h7-9,11,16-17H,3-6,10,12-15H2,1-2H3,(H,33,34)/t16-/m0/s1. The first kappa shape index (κ1) is 23.2. The van der Waals surface area contributed by atoms with Gasteiger partial charge in [-0.1, -0.05) is 18.6 Å². The highest BCUT2D eigenvalue weighted by atomic mass is 16.5. The molecule has 0 amide bonds. The van der Waals surface area contributed by atoms with Crippen LogP contribution in [0, 0.1) is 5.92 Å². The van der Waals surface area contributed by atoms with E-state index in [4.69, 9.17) is 14.8 Å². The molecular weight excluding hydrogens is 446 g/mol. The van der Waals surface area contributed by atoms with E-state index < -0.39 is 5.97 Å². The zero-order valence-electron chi connectivity index (χ0n) is 20.2. The van der Waals surface area contributed by atoms with Gasteiger partial charge in [-0.15, -0.1) is 5.10 Å². The highest BCUT2D eigenvalue weighted by Crippen LogP contribution is 2.35. The van der Waals surface area contributed by atoms with Crippen LogP contribution in [0.4, 0.5) is 5.69 Å². The molecule has 2 fully saturated rings. The maximum Gasteiger partial charge on any atom is 0.316 e. The van der Waals surface area contributed by atoms with E-state index in [1.807, 2.05) is 19.2 Å². The van der Waals surface area contributed by atoms with Crippen molar-refractivity contribution in [2.45, 2.75) is 58.0 Å². The van der Waals surface area contributed by atoms with Crippen molar-refractivity contribution in [1.82, 2.24) is 29.9 Å². The van der Waals surface area contributed by atoms with Gasteiger partial charge in [-0.3, -0.25) is 4.79 Å². The van der Waals surface area contributed by atoms with Crippen LogP contribution in [0.5, 0.6) is 6.01 Å². The fourth-order valence-electron chi connectivity index (χ4n) is 4.86. The average Bonchev–Trinajstić information content (AvgIpc) is 3.42. The number of ether oxygens (including phenoxy) is 1. The van der Waals surface area contributed by atoms with Crippen molar-refractivity contribution in [2.24, 2.45) is 13.0 Å². The van der Waals surface area contributed by atoms with Gasteiger partial charge in [0.2, 0.25) is 0 Å². The Morgan fingerprint density at radius 2 is 2.06 bits per heavy atom. The summed E-state index contributed by atoms with van der Waals surface area (Å²) in [6.45, 7) is 3.90. The second kappa shape index (κ2) is 9.97. The molecule has 4 heterocycles. The van der Waals surface area contributed by atoms with E-state index in [0.29, 0.717) is 17.6 Å². The van der Waals surface area contributed by atoms with Crippen molar-refractivity contribution in [3.63, 3.8) is 0 Å². The molecule has 0 unspecified atom stereocenters. The lowest BCUT2D eigenvalue weighted by atomic mass is 9.83. The molecule has 184 valence electrons. The average molecular weight is 478 g/mol. The number of hydrogen-bond donors (Lipinski definition) is 1. The van der Waals surface area contributed by atoms with E-state index in [-0.39, 0.29) is 18.9 Å². The summed E-state index contributed by atoms with van der Waals surface area (Å²) in [5.74, 6) is -0.0521. The number of nitrogens with zero attached hydrogens (tertiary/aromatic N) is 7. The van der Waals surface area contributed by atoms with Crippen LogP contribution in [0.2, 0.25) is 0 Å². The van der Waals surface area contributed by atoms with Crippen LogP contribution in [0.1, 0.15) is 62.0 Å². The molecule has 3 aromatic heterocycles. The number of anilines is 1. The maximum atomic E-state index is 11.1. The minimum absolute atomic E-state index is 0.172. The summed E-state index contributed by atoms with van der Waals surface area (Å²) in [4.78, 5) is 27.1. The molecule has 1 saturated carbocycles. The van der Waals surface area contributed by atoms with Gasteiger partial charge < -0.3 is 14.7 Å². The molecule has 5 rings (SSSR count). The molecule has 3 aromatic rings. The summed E-state index contributed by atoms with van der Waals surface area (Å²) in [5, 5.41) is 17.7. The Kier molecular flexibility index (Phi) is 6.61. The number of pyridine rings is 1. The third-order valence-electron chi connectivity index (χ3n) is 7.08. The van der Waals surface area contributed by atoms with Crippen LogP contribution in [-0.2, 0) is 24.9 Å². The Hall–Kier alpha value is -3.56. The van der Waals surface area contributed by atoms with Crippen molar-refractivity contribution in [3.05, 3.63) is 41.5 Å². The number of carboxylic acid groups (broad SMARTS) is 1. The Morgan fingerprint density at radius 3 is 2.80 bits per heavy atom. The molecule has 1 atom stereocenters. The van der Waals surface area contributed by atoms with Crippen LogP contribution in [-0.4, -0.2) is 54.1 Å².